The molecule has 1 atom stereocenters. The van der Waals surface area contributed by atoms with E-state index >= 15 is 0 Å². The third kappa shape index (κ3) is 3.48. The van der Waals surface area contributed by atoms with Crippen molar-refractivity contribution in [3.05, 3.63) is 33.1 Å². The van der Waals surface area contributed by atoms with Gasteiger partial charge in [0, 0.05) is 30.6 Å². The summed E-state index contributed by atoms with van der Waals surface area (Å²) < 4.78 is 1.32. The molecule has 1 fully saturated rings. The average Bonchev–Trinajstić information content (AvgIpc) is 2.41. The number of rotatable bonds is 4. The summed E-state index contributed by atoms with van der Waals surface area (Å²) in [4.78, 5) is 16.8. The van der Waals surface area contributed by atoms with Crippen LogP contribution in [0.5, 0.6) is 0 Å². The molecule has 0 N–H and O–H groups in total. The number of hydrogen-bond donors (Lipinski definition) is 0. The minimum absolute atomic E-state index is 0.149. The molecule has 1 saturated heterocycles. The molecule has 1 aromatic heterocycles. The monoisotopic (exact) mass is 262 g/mol. The first-order valence-electron chi connectivity index (χ1n) is 6.53. The van der Waals surface area contributed by atoms with Gasteiger partial charge >= 0.3 is 0 Å². The number of hydrogen-bond acceptors (Lipinski definition) is 4. The number of aromatic nitrogens is 2. The Morgan fingerprint density at radius 3 is 3.16 bits per heavy atom. The van der Waals surface area contributed by atoms with Gasteiger partial charge in [-0.15, -0.1) is 0 Å². The molecule has 7 heteroatoms. The molecule has 19 heavy (non-hydrogen) atoms. The van der Waals surface area contributed by atoms with E-state index in [4.69, 9.17) is 5.53 Å². The minimum Gasteiger partial charge on any atom is -0.370 e. The first kappa shape index (κ1) is 13.4. The zero-order chi connectivity index (χ0) is 13.7. The van der Waals surface area contributed by atoms with Gasteiger partial charge in [-0.2, -0.15) is 5.10 Å². The van der Waals surface area contributed by atoms with Crippen LogP contribution >= 0.6 is 0 Å². The van der Waals surface area contributed by atoms with E-state index in [0.717, 1.165) is 25.2 Å². The molecule has 1 aliphatic heterocycles. The van der Waals surface area contributed by atoms with Crippen LogP contribution in [0.1, 0.15) is 19.8 Å². The molecule has 0 radical (unpaired) electrons. The molecule has 2 heterocycles. The quantitative estimate of drug-likeness (QED) is 0.471. The van der Waals surface area contributed by atoms with Gasteiger partial charge in [-0.3, -0.25) is 4.79 Å². The predicted molar refractivity (Wildman–Crippen MR) is 73.1 cm³/mol. The van der Waals surface area contributed by atoms with E-state index in [1.807, 2.05) is 0 Å². The lowest BCUT2D eigenvalue weighted by molar-refractivity contribution is 0.445. The molecule has 7 nitrogen and oxygen atoms in total. The van der Waals surface area contributed by atoms with E-state index in [1.165, 1.54) is 11.1 Å². The highest BCUT2D eigenvalue weighted by molar-refractivity contribution is 5.43. The zero-order valence-corrected chi connectivity index (χ0v) is 11.1. The van der Waals surface area contributed by atoms with Gasteiger partial charge in [0.25, 0.3) is 5.56 Å². The van der Waals surface area contributed by atoms with Crippen molar-refractivity contribution < 1.29 is 0 Å². The maximum Gasteiger partial charge on any atom is 0.268 e. The summed E-state index contributed by atoms with van der Waals surface area (Å²) >= 11 is 0. The molecule has 1 aromatic rings. The first-order valence-corrected chi connectivity index (χ1v) is 6.53. The van der Waals surface area contributed by atoms with Crippen molar-refractivity contribution in [2.45, 2.75) is 26.3 Å². The van der Waals surface area contributed by atoms with Gasteiger partial charge in [0.1, 0.15) is 0 Å². The molecule has 0 aliphatic carbocycles. The fourth-order valence-corrected chi connectivity index (χ4v) is 2.37. The van der Waals surface area contributed by atoms with Gasteiger partial charge in [-0.25, -0.2) is 4.68 Å². The Bertz CT molecular complexity index is 533. The smallest absolute Gasteiger partial charge is 0.268 e. The molecule has 0 bridgehead atoms. The summed E-state index contributed by atoms with van der Waals surface area (Å²) in [6.45, 7) is 4.74. The van der Waals surface area contributed by atoms with E-state index in [2.05, 4.69) is 26.9 Å². The highest BCUT2D eigenvalue weighted by Crippen LogP contribution is 2.20. The van der Waals surface area contributed by atoms with Crippen LogP contribution in [0.25, 0.3) is 10.4 Å². The summed E-state index contributed by atoms with van der Waals surface area (Å²) in [6.07, 6.45) is 4.11. The molecule has 1 aliphatic rings. The number of piperidine rings is 1. The fraction of sp³-hybridized carbons (Fsp3) is 0.667. The normalized spacial score (nSPS) is 19.0. The number of anilines is 1. The van der Waals surface area contributed by atoms with Crippen molar-refractivity contribution in [2.75, 3.05) is 24.5 Å². The van der Waals surface area contributed by atoms with E-state index in [1.54, 1.807) is 12.3 Å². The predicted octanol–water partition coefficient (Wildman–Crippen LogP) is 1.79. The van der Waals surface area contributed by atoms with Crippen LogP contribution < -0.4 is 10.5 Å². The second-order valence-corrected chi connectivity index (χ2v) is 4.92. The molecular weight excluding hydrogens is 244 g/mol. The fourth-order valence-electron chi connectivity index (χ4n) is 2.37. The van der Waals surface area contributed by atoms with Gasteiger partial charge < -0.3 is 4.90 Å². The second-order valence-electron chi connectivity index (χ2n) is 4.92. The van der Waals surface area contributed by atoms with Crippen molar-refractivity contribution >= 4 is 5.69 Å². The molecular formula is C12H18N6O. The zero-order valence-electron chi connectivity index (χ0n) is 11.1. The van der Waals surface area contributed by atoms with Crippen LogP contribution in [-0.4, -0.2) is 29.4 Å². The largest absolute Gasteiger partial charge is 0.370 e. The second kappa shape index (κ2) is 6.24. The summed E-state index contributed by atoms with van der Waals surface area (Å²) in [5, 5.41) is 7.53. The van der Waals surface area contributed by atoms with Crippen molar-refractivity contribution in [1.82, 2.24) is 9.78 Å². The van der Waals surface area contributed by atoms with Crippen molar-refractivity contribution in [1.29, 1.82) is 0 Å². The van der Waals surface area contributed by atoms with Crippen LogP contribution in [0.4, 0.5) is 5.69 Å². The van der Waals surface area contributed by atoms with Crippen LogP contribution in [0.2, 0.25) is 0 Å². The minimum atomic E-state index is -0.149. The Hall–Kier alpha value is -2.01. The topological polar surface area (TPSA) is 86.9 Å². The van der Waals surface area contributed by atoms with Crippen LogP contribution in [0, 0.1) is 5.92 Å². The van der Waals surface area contributed by atoms with Gasteiger partial charge in [0.05, 0.1) is 18.4 Å². The highest BCUT2D eigenvalue weighted by Gasteiger charge is 2.17. The molecule has 0 spiro atoms. The molecule has 2 rings (SSSR count). The van der Waals surface area contributed by atoms with Crippen molar-refractivity contribution in [3.8, 4) is 0 Å². The Kier molecular flexibility index (Phi) is 4.41. The SMILES string of the molecule is CC1CCCN(c2cnn(CCN=[N+]=[N-])c(=O)c2)C1. The van der Waals surface area contributed by atoms with Gasteiger partial charge in [0.2, 0.25) is 0 Å². The lowest BCUT2D eigenvalue weighted by Crippen LogP contribution is -2.35. The number of azide groups is 1. The Balaban J connectivity index is 2.09. The lowest BCUT2D eigenvalue weighted by atomic mass is 10.00. The maximum absolute atomic E-state index is 11.9. The van der Waals surface area contributed by atoms with Crippen molar-refractivity contribution in [2.24, 2.45) is 11.0 Å². The summed E-state index contributed by atoms with van der Waals surface area (Å²) in [6, 6.07) is 1.61. The molecule has 0 amide bonds. The van der Waals surface area contributed by atoms with E-state index < -0.39 is 0 Å². The van der Waals surface area contributed by atoms with Gasteiger partial charge in [-0.1, -0.05) is 12.0 Å². The lowest BCUT2D eigenvalue weighted by Gasteiger charge is -2.32. The molecule has 1 unspecified atom stereocenters. The summed E-state index contributed by atoms with van der Waals surface area (Å²) in [5.41, 5.74) is 8.93. The van der Waals surface area contributed by atoms with Gasteiger partial charge in [-0.05, 0) is 24.3 Å². The van der Waals surface area contributed by atoms with E-state index in [9.17, 15) is 4.79 Å². The Morgan fingerprint density at radius 2 is 2.47 bits per heavy atom. The van der Waals surface area contributed by atoms with Gasteiger partial charge in [0.15, 0.2) is 0 Å². The summed E-state index contributed by atoms with van der Waals surface area (Å²) in [7, 11) is 0. The molecule has 0 aromatic carbocycles. The highest BCUT2D eigenvalue weighted by atomic mass is 16.1. The standard InChI is InChI=1S/C12H18N6O/c1-10-3-2-5-17(9-10)11-7-12(19)18(15-8-11)6-4-14-16-13/h7-8,10H,2-6,9H2,1H3. The molecule has 0 saturated carbocycles. The third-order valence-electron chi connectivity index (χ3n) is 3.35. The van der Waals surface area contributed by atoms with Crippen LogP contribution in [0.3, 0.4) is 0 Å². The Morgan fingerprint density at radius 1 is 1.63 bits per heavy atom. The third-order valence-corrected chi connectivity index (χ3v) is 3.35. The van der Waals surface area contributed by atoms with Crippen LogP contribution in [-0.2, 0) is 6.54 Å². The first-order chi connectivity index (χ1) is 9.20. The van der Waals surface area contributed by atoms with E-state index in [0.29, 0.717) is 12.5 Å². The maximum atomic E-state index is 11.9. The number of nitrogens with zero attached hydrogens (tertiary/aromatic N) is 6. The van der Waals surface area contributed by atoms with E-state index in [-0.39, 0.29) is 12.1 Å². The Labute approximate surface area is 111 Å². The van der Waals surface area contributed by atoms with Crippen LogP contribution in [0.15, 0.2) is 22.2 Å². The molecule has 102 valence electrons. The average molecular weight is 262 g/mol. The van der Waals surface area contributed by atoms with Crippen molar-refractivity contribution in [3.63, 3.8) is 0 Å². The summed E-state index contributed by atoms with van der Waals surface area (Å²) in [5.74, 6) is 0.654.